The fourth-order valence-electron chi connectivity index (χ4n) is 3.76. The van der Waals surface area contributed by atoms with Crippen LogP contribution in [0.1, 0.15) is 13.8 Å². The molecule has 140 valence electrons. The number of nitrogens with zero attached hydrogens (tertiary/aromatic N) is 3. The fraction of sp³-hybridized carbons (Fsp3) is 0.318. The predicted octanol–water partition coefficient (Wildman–Crippen LogP) is 5.25. The molecule has 0 saturated carbocycles. The molecule has 27 heavy (non-hydrogen) atoms. The van der Waals surface area contributed by atoms with Crippen LogP contribution >= 0.6 is 11.6 Å². The van der Waals surface area contributed by atoms with Crippen LogP contribution in [-0.2, 0) is 7.05 Å². The minimum atomic E-state index is 0.625. The van der Waals surface area contributed by atoms with Gasteiger partial charge < -0.3 is 14.2 Å². The summed E-state index contributed by atoms with van der Waals surface area (Å²) < 4.78 is 8.26. The van der Waals surface area contributed by atoms with Gasteiger partial charge in [-0.05, 0) is 42.7 Å². The fourth-order valence-corrected chi connectivity index (χ4v) is 3.94. The topological polar surface area (TPSA) is 30.3 Å². The maximum Gasteiger partial charge on any atom is 0.223 e. The lowest BCUT2D eigenvalue weighted by Gasteiger charge is -2.18. The number of pyridine rings is 1. The van der Waals surface area contributed by atoms with Crippen LogP contribution in [-0.4, -0.2) is 40.7 Å². The van der Waals surface area contributed by atoms with E-state index in [-0.39, 0.29) is 0 Å². The van der Waals surface area contributed by atoms with Gasteiger partial charge in [0.15, 0.2) is 0 Å². The predicted molar refractivity (Wildman–Crippen MR) is 114 cm³/mol. The average Bonchev–Trinajstić information content (AvgIpc) is 2.97. The highest BCUT2D eigenvalue weighted by molar-refractivity contribution is 6.32. The Kier molecular flexibility index (Phi) is 4.94. The second-order valence-corrected chi connectivity index (χ2v) is 7.19. The van der Waals surface area contributed by atoms with Crippen LogP contribution in [0, 0.1) is 0 Å². The third-order valence-corrected chi connectivity index (χ3v) is 5.54. The first kappa shape index (κ1) is 18.1. The molecule has 0 amide bonds. The van der Waals surface area contributed by atoms with Gasteiger partial charge in [0.25, 0.3) is 0 Å². The summed E-state index contributed by atoms with van der Waals surface area (Å²) in [7, 11) is 2.04. The first-order chi connectivity index (χ1) is 13.1. The van der Waals surface area contributed by atoms with Crippen molar-refractivity contribution >= 4 is 44.3 Å². The van der Waals surface area contributed by atoms with Gasteiger partial charge in [-0.2, -0.15) is 4.98 Å². The largest absolute Gasteiger partial charge is 0.476 e. The molecule has 5 heteroatoms. The number of hydrogen-bond acceptors (Lipinski definition) is 3. The van der Waals surface area contributed by atoms with Gasteiger partial charge in [-0.15, -0.1) is 0 Å². The van der Waals surface area contributed by atoms with Crippen LogP contribution < -0.4 is 4.74 Å². The molecule has 4 rings (SSSR count). The molecule has 0 bridgehead atoms. The number of aryl methyl sites for hydroxylation is 1. The molecular weight excluding hydrogens is 358 g/mol. The van der Waals surface area contributed by atoms with Gasteiger partial charge in [0, 0.05) is 34.8 Å². The lowest BCUT2D eigenvalue weighted by molar-refractivity contribution is 0.220. The van der Waals surface area contributed by atoms with Gasteiger partial charge in [0.05, 0.1) is 5.52 Å². The minimum Gasteiger partial charge on any atom is -0.476 e. The smallest absolute Gasteiger partial charge is 0.223 e. The Morgan fingerprint density at radius 1 is 1.04 bits per heavy atom. The van der Waals surface area contributed by atoms with Gasteiger partial charge in [0.1, 0.15) is 12.3 Å². The average molecular weight is 382 g/mol. The maximum absolute atomic E-state index is 6.28. The summed E-state index contributed by atoms with van der Waals surface area (Å²) in [6.07, 6.45) is 0. The zero-order valence-electron chi connectivity index (χ0n) is 16.0. The summed E-state index contributed by atoms with van der Waals surface area (Å²) in [6.45, 7) is 7.91. The Morgan fingerprint density at radius 2 is 1.78 bits per heavy atom. The van der Waals surface area contributed by atoms with E-state index in [0.717, 1.165) is 57.4 Å². The molecule has 0 fully saturated rings. The van der Waals surface area contributed by atoms with Gasteiger partial charge in [-0.3, -0.25) is 0 Å². The van der Waals surface area contributed by atoms with Crippen molar-refractivity contribution in [1.82, 2.24) is 14.5 Å². The van der Waals surface area contributed by atoms with Crippen LogP contribution in [0.3, 0.4) is 0 Å². The lowest BCUT2D eigenvalue weighted by atomic mass is 10.1. The summed E-state index contributed by atoms with van der Waals surface area (Å²) in [6, 6.07) is 14.3. The Morgan fingerprint density at radius 3 is 2.52 bits per heavy atom. The van der Waals surface area contributed by atoms with E-state index in [0.29, 0.717) is 12.5 Å². The Hall–Kier alpha value is -2.30. The molecule has 0 aliphatic carbocycles. The number of aromatic nitrogens is 2. The molecule has 0 radical (unpaired) electrons. The molecule has 0 atom stereocenters. The molecule has 0 aliphatic rings. The maximum atomic E-state index is 6.28. The van der Waals surface area contributed by atoms with E-state index in [9.17, 15) is 0 Å². The second kappa shape index (κ2) is 7.37. The number of benzene rings is 2. The third kappa shape index (κ3) is 3.13. The minimum absolute atomic E-state index is 0.625. The van der Waals surface area contributed by atoms with Gasteiger partial charge in [-0.1, -0.05) is 43.6 Å². The van der Waals surface area contributed by atoms with E-state index >= 15 is 0 Å². The van der Waals surface area contributed by atoms with Crippen molar-refractivity contribution < 1.29 is 4.74 Å². The Balaban J connectivity index is 1.87. The molecule has 2 heterocycles. The van der Waals surface area contributed by atoms with E-state index in [2.05, 4.69) is 47.6 Å². The van der Waals surface area contributed by atoms with Crippen molar-refractivity contribution in [3.05, 3.63) is 47.5 Å². The van der Waals surface area contributed by atoms with Crippen molar-refractivity contribution in [2.75, 3.05) is 26.2 Å². The molecule has 0 unspecified atom stereocenters. The molecule has 2 aromatic heterocycles. The van der Waals surface area contributed by atoms with Gasteiger partial charge in [-0.25, -0.2) is 0 Å². The number of halogens is 1. The van der Waals surface area contributed by atoms with Crippen LogP contribution in [0.15, 0.2) is 42.5 Å². The van der Waals surface area contributed by atoms with E-state index in [4.69, 9.17) is 21.3 Å². The molecule has 0 saturated heterocycles. The zero-order chi connectivity index (χ0) is 19.0. The normalized spacial score (nSPS) is 11.9. The molecule has 2 aromatic carbocycles. The molecule has 0 aliphatic heterocycles. The molecule has 0 N–H and O–H groups in total. The molecule has 0 spiro atoms. The first-order valence-corrected chi connectivity index (χ1v) is 9.83. The summed E-state index contributed by atoms with van der Waals surface area (Å²) in [5.41, 5.74) is 2.04. The van der Waals surface area contributed by atoms with Crippen LogP contribution in [0.25, 0.3) is 32.7 Å². The summed E-state index contributed by atoms with van der Waals surface area (Å²) in [5.74, 6) is 0.697. The van der Waals surface area contributed by atoms with Gasteiger partial charge >= 0.3 is 0 Å². The highest BCUT2D eigenvalue weighted by Gasteiger charge is 2.16. The standard InChI is InChI=1S/C22H24ClN3O/c1-4-26(5-2)12-13-27-22-17-9-7-6-8-16(17)20-18-14-15(23)10-11-19(18)25(3)21(20)24-22/h6-11,14H,4-5,12-13H2,1-3H3. The number of ether oxygens (including phenoxy) is 1. The van der Waals surface area contributed by atoms with Crippen LogP contribution in [0.2, 0.25) is 5.02 Å². The summed E-state index contributed by atoms with van der Waals surface area (Å²) >= 11 is 6.28. The second-order valence-electron chi connectivity index (χ2n) is 6.76. The van der Waals surface area contributed by atoms with Crippen molar-refractivity contribution in [2.45, 2.75) is 13.8 Å². The van der Waals surface area contributed by atoms with E-state index in [1.807, 2.05) is 25.2 Å². The van der Waals surface area contributed by atoms with Crippen LogP contribution in [0.5, 0.6) is 5.88 Å². The molecule has 4 nitrogen and oxygen atoms in total. The quantitative estimate of drug-likeness (QED) is 0.456. The monoisotopic (exact) mass is 381 g/mol. The lowest BCUT2D eigenvalue weighted by Crippen LogP contribution is -2.28. The Labute approximate surface area is 164 Å². The zero-order valence-corrected chi connectivity index (χ0v) is 16.8. The van der Waals surface area contributed by atoms with Crippen molar-refractivity contribution in [1.29, 1.82) is 0 Å². The third-order valence-electron chi connectivity index (χ3n) is 5.31. The number of rotatable bonds is 6. The number of hydrogen-bond donors (Lipinski definition) is 0. The number of likely N-dealkylation sites (N-methyl/N-ethyl adjacent to an activating group) is 1. The van der Waals surface area contributed by atoms with Crippen molar-refractivity contribution in [3.8, 4) is 5.88 Å². The SMILES string of the molecule is CCN(CC)CCOc1nc2c(c3ccccc13)c1cc(Cl)ccc1n2C. The van der Waals surface area contributed by atoms with E-state index in [1.165, 1.54) is 0 Å². The van der Waals surface area contributed by atoms with Crippen LogP contribution in [0.4, 0.5) is 0 Å². The van der Waals surface area contributed by atoms with E-state index < -0.39 is 0 Å². The summed E-state index contributed by atoms with van der Waals surface area (Å²) in [4.78, 5) is 7.24. The molecule has 4 aromatic rings. The Bertz CT molecular complexity index is 1120. The highest BCUT2D eigenvalue weighted by atomic mass is 35.5. The van der Waals surface area contributed by atoms with Crippen molar-refractivity contribution in [3.63, 3.8) is 0 Å². The molecular formula is C22H24ClN3O. The number of fused-ring (bicyclic) bond motifs is 5. The van der Waals surface area contributed by atoms with E-state index in [1.54, 1.807) is 0 Å². The first-order valence-electron chi connectivity index (χ1n) is 9.45. The van der Waals surface area contributed by atoms with Gasteiger partial charge in [0.2, 0.25) is 5.88 Å². The van der Waals surface area contributed by atoms with Crippen molar-refractivity contribution in [2.24, 2.45) is 7.05 Å². The highest BCUT2D eigenvalue weighted by Crippen LogP contribution is 2.37. The summed E-state index contributed by atoms with van der Waals surface area (Å²) in [5, 5.41) is 5.17.